The van der Waals surface area contributed by atoms with Gasteiger partial charge in [0.05, 0.1) is 11.3 Å². The number of hydrogen-bond donors (Lipinski definition) is 1. The molecule has 134 valence electrons. The third-order valence-corrected chi connectivity index (χ3v) is 5.04. The Labute approximate surface area is 155 Å². The topological polar surface area (TPSA) is 59.8 Å². The zero-order valence-corrected chi connectivity index (χ0v) is 15.4. The molecule has 1 heterocycles. The third kappa shape index (κ3) is 4.11. The van der Waals surface area contributed by atoms with E-state index < -0.39 is 0 Å². The van der Waals surface area contributed by atoms with Gasteiger partial charge in [-0.1, -0.05) is 48.2 Å². The summed E-state index contributed by atoms with van der Waals surface area (Å²) in [4.78, 5) is 12.1. The highest BCUT2D eigenvalue weighted by atomic mass is 32.2. The molecule has 0 aliphatic heterocycles. The van der Waals surface area contributed by atoms with Crippen LogP contribution in [0.4, 0.5) is 4.39 Å². The van der Waals surface area contributed by atoms with Gasteiger partial charge in [-0.3, -0.25) is 4.79 Å². The normalized spacial score (nSPS) is 10.7. The van der Waals surface area contributed by atoms with Crippen LogP contribution in [0.5, 0.6) is 0 Å². The van der Waals surface area contributed by atoms with Crippen molar-refractivity contribution < 1.29 is 9.18 Å². The fraction of sp³-hybridized carbons (Fsp3) is 0.211. The van der Waals surface area contributed by atoms with E-state index in [1.54, 1.807) is 29.8 Å². The summed E-state index contributed by atoms with van der Waals surface area (Å²) in [7, 11) is 1.76. The van der Waals surface area contributed by atoms with Gasteiger partial charge >= 0.3 is 0 Å². The van der Waals surface area contributed by atoms with Crippen LogP contribution >= 0.6 is 11.8 Å². The Morgan fingerprint density at radius 3 is 2.65 bits per heavy atom. The molecule has 2 aromatic carbocycles. The highest BCUT2D eigenvalue weighted by Gasteiger charge is 2.15. The molecule has 0 saturated carbocycles. The number of nitrogens with one attached hydrogen (secondary N) is 1. The van der Waals surface area contributed by atoms with Crippen LogP contribution < -0.4 is 5.32 Å². The lowest BCUT2D eigenvalue weighted by Gasteiger charge is -2.08. The van der Waals surface area contributed by atoms with Crippen molar-refractivity contribution in [1.29, 1.82) is 0 Å². The van der Waals surface area contributed by atoms with Crippen LogP contribution in [-0.4, -0.2) is 26.4 Å². The molecule has 0 bridgehead atoms. The number of nitrogens with zero attached hydrogens (tertiary/aromatic N) is 3. The molecule has 1 aromatic heterocycles. The number of rotatable bonds is 6. The van der Waals surface area contributed by atoms with Gasteiger partial charge in [0.1, 0.15) is 5.82 Å². The molecule has 0 radical (unpaired) electrons. The standard InChI is InChI=1S/C19H19FN4OS/c1-13-7-3-4-8-14(13)11-21-17(25)12-26-19-23-22-18(24(19)2)15-9-5-6-10-16(15)20/h3-10H,11-12H2,1-2H3,(H,21,25). The van der Waals surface area contributed by atoms with Gasteiger partial charge in [-0.15, -0.1) is 10.2 Å². The molecule has 1 N–H and O–H groups in total. The Morgan fingerprint density at radius 2 is 1.88 bits per heavy atom. The quantitative estimate of drug-likeness (QED) is 0.676. The van der Waals surface area contributed by atoms with E-state index in [0.717, 1.165) is 11.1 Å². The van der Waals surface area contributed by atoms with Crippen LogP contribution in [0.3, 0.4) is 0 Å². The van der Waals surface area contributed by atoms with E-state index in [2.05, 4.69) is 15.5 Å². The second-order valence-corrected chi connectivity index (χ2v) is 6.78. The first-order valence-electron chi connectivity index (χ1n) is 8.14. The second-order valence-electron chi connectivity index (χ2n) is 5.84. The van der Waals surface area contributed by atoms with Gasteiger partial charge in [0, 0.05) is 13.6 Å². The average Bonchev–Trinajstić information content (AvgIpc) is 3.00. The Morgan fingerprint density at radius 1 is 1.15 bits per heavy atom. The summed E-state index contributed by atoms with van der Waals surface area (Å²) >= 11 is 1.27. The summed E-state index contributed by atoms with van der Waals surface area (Å²) < 4.78 is 15.6. The van der Waals surface area contributed by atoms with Gasteiger partial charge in [-0.05, 0) is 30.2 Å². The molecule has 0 atom stereocenters. The van der Waals surface area contributed by atoms with Crippen molar-refractivity contribution in [3.63, 3.8) is 0 Å². The maximum absolute atomic E-state index is 13.9. The Kier molecular flexibility index (Phi) is 5.68. The minimum Gasteiger partial charge on any atom is -0.351 e. The number of amides is 1. The number of hydrogen-bond acceptors (Lipinski definition) is 4. The van der Waals surface area contributed by atoms with E-state index in [1.807, 2.05) is 31.2 Å². The molecule has 5 nitrogen and oxygen atoms in total. The molecule has 0 aliphatic rings. The summed E-state index contributed by atoms with van der Waals surface area (Å²) in [5.74, 6) is 0.213. The Hall–Kier alpha value is -2.67. The molecule has 0 saturated heterocycles. The molecular formula is C19H19FN4OS. The highest BCUT2D eigenvalue weighted by Crippen LogP contribution is 2.24. The van der Waals surface area contributed by atoms with Crippen LogP contribution in [0.15, 0.2) is 53.7 Å². The molecule has 7 heteroatoms. The van der Waals surface area contributed by atoms with Crippen molar-refractivity contribution in [2.75, 3.05) is 5.75 Å². The average molecular weight is 370 g/mol. The summed E-state index contributed by atoms with van der Waals surface area (Å²) in [5, 5.41) is 11.6. The summed E-state index contributed by atoms with van der Waals surface area (Å²) in [5.41, 5.74) is 2.62. The first kappa shape index (κ1) is 18.1. The van der Waals surface area contributed by atoms with Gasteiger partial charge < -0.3 is 9.88 Å². The first-order chi connectivity index (χ1) is 12.6. The number of benzene rings is 2. The van der Waals surface area contributed by atoms with Crippen molar-refractivity contribution in [2.24, 2.45) is 7.05 Å². The molecule has 0 spiro atoms. The molecule has 0 unspecified atom stereocenters. The molecule has 1 amide bonds. The van der Waals surface area contributed by atoms with Crippen LogP contribution in [0.25, 0.3) is 11.4 Å². The number of carbonyl (C=O) groups excluding carboxylic acids is 1. The van der Waals surface area contributed by atoms with E-state index in [9.17, 15) is 9.18 Å². The minimum absolute atomic E-state index is 0.0892. The van der Waals surface area contributed by atoms with Gasteiger partial charge in [0.15, 0.2) is 11.0 Å². The number of thioether (sulfide) groups is 1. The number of aromatic nitrogens is 3. The van der Waals surface area contributed by atoms with Crippen LogP contribution in [-0.2, 0) is 18.4 Å². The number of halogens is 1. The van der Waals surface area contributed by atoms with Crippen molar-refractivity contribution in [1.82, 2.24) is 20.1 Å². The van der Waals surface area contributed by atoms with Gasteiger partial charge in [-0.25, -0.2) is 4.39 Å². The minimum atomic E-state index is -0.351. The van der Waals surface area contributed by atoms with Gasteiger partial charge in [0.2, 0.25) is 5.91 Å². The molecule has 3 rings (SSSR count). The van der Waals surface area contributed by atoms with E-state index >= 15 is 0 Å². The smallest absolute Gasteiger partial charge is 0.230 e. The first-order valence-corrected chi connectivity index (χ1v) is 9.13. The molecule has 0 fully saturated rings. The second kappa shape index (κ2) is 8.14. The molecular weight excluding hydrogens is 351 g/mol. The number of aryl methyl sites for hydroxylation is 1. The Bertz CT molecular complexity index is 925. The lowest BCUT2D eigenvalue weighted by atomic mass is 10.1. The number of carbonyl (C=O) groups is 1. The molecule has 0 aliphatic carbocycles. The van der Waals surface area contributed by atoms with E-state index in [4.69, 9.17) is 0 Å². The zero-order valence-electron chi connectivity index (χ0n) is 14.6. The predicted octanol–water partition coefficient (Wildman–Crippen LogP) is 3.34. The van der Waals surface area contributed by atoms with Crippen molar-refractivity contribution in [3.05, 3.63) is 65.5 Å². The molecule has 3 aromatic rings. The Balaban J connectivity index is 1.59. The fourth-order valence-corrected chi connectivity index (χ4v) is 3.24. The predicted molar refractivity (Wildman–Crippen MR) is 100 cm³/mol. The van der Waals surface area contributed by atoms with E-state index in [0.29, 0.717) is 23.1 Å². The lowest BCUT2D eigenvalue weighted by molar-refractivity contribution is -0.118. The zero-order chi connectivity index (χ0) is 18.5. The van der Waals surface area contributed by atoms with E-state index in [1.165, 1.54) is 17.8 Å². The third-order valence-electron chi connectivity index (χ3n) is 4.02. The van der Waals surface area contributed by atoms with Gasteiger partial charge in [0.25, 0.3) is 0 Å². The monoisotopic (exact) mass is 370 g/mol. The van der Waals surface area contributed by atoms with Crippen LogP contribution in [0.1, 0.15) is 11.1 Å². The van der Waals surface area contributed by atoms with Crippen LogP contribution in [0.2, 0.25) is 0 Å². The largest absolute Gasteiger partial charge is 0.351 e. The maximum Gasteiger partial charge on any atom is 0.230 e. The lowest BCUT2D eigenvalue weighted by Crippen LogP contribution is -2.25. The summed E-state index contributed by atoms with van der Waals surface area (Å²) in [6, 6.07) is 14.3. The molecule has 26 heavy (non-hydrogen) atoms. The fourth-order valence-electron chi connectivity index (χ4n) is 2.50. The van der Waals surface area contributed by atoms with Crippen LogP contribution in [0, 0.1) is 12.7 Å². The highest BCUT2D eigenvalue weighted by molar-refractivity contribution is 7.99. The van der Waals surface area contributed by atoms with Gasteiger partial charge in [-0.2, -0.15) is 0 Å². The van der Waals surface area contributed by atoms with Crippen molar-refractivity contribution in [2.45, 2.75) is 18.6 Å². The van der Waals surface area contributed by atoms with Crippen molar-refractivity contribution in [3.8, 4) is 11.4 Å². The maximum atomic E-state index is 13.9. The summed E-state index contributed by atoms with van der Waals surface area (Å²) in [6.07, 6.45) is 0. The SMILES string of the molecule is Cc1ccccc1CNC(=O)CSc1nnc(-c2ccccc2F)n1C. The van der Waals surface area contributed by atoms with Crippen molar-refractivity contribution >= 4 is 17.7 Å². The van der Waals surface area contributed by atoms with E-state index in [-0.39, 0.29) is 17.5 Å². The summed E-state index contributed by atoms with van der Waals surface area (Å²) in [6.45, 7) is 2.51.